The van der Waals surface area contributed by atoms with Crippen molar-refractivity contribution >= 4 is 23.8 Å². The number of carboxylic acid groups (broad SMARTS) is 3. The van der Waals surface area contributed by atoms with E-state index in [-0.39, 0.29) is 11.4 Å². The molecule has 2 aliphatic heterocycles. The molecule has 0 aliphatic carbocycles. The summed E-state index contributed by atoms with van der Waals surface area (Å²) in [5, 5.41) is 33.3. The zero-order chi connectivity index (χ0) is 40.9. The van der Waals surface area contributed by atoms with Crippen molar-refractivity contribution in [1.29, 1.82) is 0 Å². The molecule has 2 aromatic heterocycles. The van der Waals surface area contributed by atoms with Gasteiger partial charge in [0, 0.05) is 51.7 Å². The molecular formula is C31H34F9N7O7. The molecule has 14 nitrogen and oxygen atoms in total. The highest BCUT2D eigenvalue weighted by Crippen LogP contribution is 2.40. The number of aromatic nitrogens is 4. The molecule has 1 amide bonds. The molecule has 298 valence electrons. The van der Waals surface area contributed by atoms with Gasteiger partial charge >= 0.3 is 36.4 Å². The fraction of sp³-hybridized carbons (Fsp3) is 0.452. The normalized spacial score (nSPS) is 15.5. The fourth-order valence-electron chi connectivity index (χ4n) is 5.14. The Morgan fingerprint density at radius 3 is 1.70 bits per heavy atom. The summed E-state index contributed by atoms with van der Waals surface area (Å²) in [5.41, 5.74) is 2.29. The molecule has 1 saturated heterocycles. The van der Waals surface area contributed by atoms with Crippen molar-refractivity contribution in [3.05, 3.63) is 77.6 Å². The number of alkyl halides is 9. The van der Waals surface area contributed by atoms with Crippen molar-refractivity contribution < 1.29 is 74.0 Å². The number of aliphatic carboxylic acids is 3. The third-order valence-corrected chi connectivity index (χ3v) is 7.84. The third-order valence-electron chi connectivity index (χ3n) is 7.84. The van der Waals surface area contributed by atoms with Gasteiger partial charge in [-0.1, -0.05) is 36.4 Å². The summed E-state index contributed by atoms with van der Waals surface area (Å²) in [7, 11) is 2.18. The van der Waals surface area contributed by atoms with Crippen molar-refractivity contribution in [2.45, 2.75) is 56.4 Å². The Balaban J connectivity index is 0.000000393. The lowest BCUT2D eigenvalue weighted by atomic mass is 9.83. The van der Waals surface area contributed by atoms with Gasteiger partial charge in [0.15, 0.2) is 5.82 Å². The van der Waals surface area contributed by atoms with Crippen LogP contribution in [0.3, 0.4) is 0 Å². The summed E-state index contributed by atoms with van der Waals surface area (Å²) in [4.78, 5) is 48.6. The Morgan fingerprint density at radius 2 is 1.24 bits per heavy atom. The number of pyridine rings is 1. The molecule has 2 aliphatic rings. The number of fused-ring (bicyclic) bond motifs is 2. The minimum Gasteiger partial charge on any atom is -0.475 e. The first kappa shape index (κ1) is 44.8. The average Bonchev–Trinajstić information content (AvgIpc) is 3.53. The fourth-order valence-corrected chi connectivity index (χ4v) is 5.14. The number of carbonyl (C=O) groups is 4. The number of nitrogens with zero attached hydrogens (tertiary/aromatic N) is 6. The zero-order valence-electron chi connectivity index (χ0n) is 28.1. The molecule has 4 heterocycles. The molecule has 0 atom stereocenters. The minimum absolute atomic E-state index is 0.154. The third kappa shape index (κ3) is 13.6. The highest BCUT2D eigenvalue weighted by Gasteiger charge is 2.47. The maximum Gasteiger partial charge on any atom is 0.490 e. The molecule has 3 aromatic rings. The summed E-state index contributed by atoms with van der Waals surface area (Å²) in [6.45, 7) is 5.14. The van der Waals surface area contributed by atoms with Crippen LogP contribution in [0.2, 0.25) is 0 Å². The molecule has 0 radical (unpaired) electrons. The second-order valence-electron chi connectivity index (χ2n) is 11.5. The van der Waals surface area contributed by atoms with E-state index in [0.29, 0.717) is 12.4 Å². The van der Waals surface area contributed by atoms with Gasteiger partial charge in [-0.15, -0.1) is 10.2 Å². The highest BCUT2D eigenvalue weighted by molar-refractivity contribution is 5.90. The first-order chi connectivity index (χ1) is 25.0. The van der Waals surface area contributed by atoms with Gasteiger partial charge in [-0.3, -0.25) is 19.6 Å². The van der Waals surface area contributed by atoms with E-state index >= 15 is 0 Å². The predicted octanol–water partition coefficient (Wildman–Crippen LogP) is 3.98. The van der Waals surface area contributed by atoms with E-state index in [1.165, 1.54) is 5.56 Å². The highest BCUT2D eigenvalue weighted by atomic mass is 19.4. The Kier molecular flexibility index (Phi) is 15.9. The quantitative estimate of drug-likeness (QED) is 0.264. The minimum atomic E-state index is -5.08. The Bertz CT molecular complexity index is 1620. The maximum atomic E-state index is 12.9. The van der Waals surface area contributed by atoms with Crippen LogP contribution in [-0.4, -0.2) is 120 Å². The van der Waals surface area contributed by atoms with E-state index < -0.39 is 36.4 Å². The van der Waals surface area contributed by atoms with Crippen molar-refractivity contribution in [1.82, 2.24) is 34.9 Å². The largest absolute Gasteiger partial charge is 0.490 e. The molecule has 0 unspecified atom stereocenters. The summed E-state index contributed by atoms with van der Waals surface area (Å²) in [5.74, 6) is -7.06. The lowest BCUT2D eigenvalue weighted by molar-refractivity contribution is -0.193. The van der Waals surface area contributed by atoms with Crippen molar-refractivity contribution in [3.63, 3.8) is 0 Å². The van der Waals surface area contributed by atoms with Crippen molar-refractivity contribution in [3.8, 4) is 0 Å². The summed E-state index contributed by atoms with van der Waals surface area (Å²) in [6.07, 6.45) is -8.96. The average molecular weight is 788 g/mol. The number of likely N-dealkylation sites (tertiary alicyclic amines) is 1. The maximum absolute atomic E-state index is 12.9. The summed E-state index contributed by atoms with van der Waals surface area (Å²) < 4.78 is 97.3. The smallest absolute Gasteiger partial charge is 0.475 e. The number of amides is 1. The van der Waals surface area contributed by atoms with Crippen molar-refractivity contribution in [2.75, 3.05) is 33.2 Å². The van der Waals surface area contributed by atoms with Crippen LogP contribution in [0.25, 0.3) is 0 Å². The van der Waals surface area contributed by atoms with Crippen LogP contribution in [0.15, 0.2) is 54.9 Å². The van der Waals surface area contributed by atoms with Gasteiger partial charge in [0.1, 0.15) is 0 Å². The molecule has 1 spiro atoms. The number of hydrogen-bond donors (Lipinski definition) is 4. The number of likely N-dealkylation sites (N-methyl/N-ethyl adjacent to an activating group) is 1. The number of rotatable bonds is 6. The van der Waals surface area contributed by atoms with Gasteiger partial charge < -0.3 is 25.2 Å². The second-order valence-corrected chi connectivity index (χ2v) is 11.5. The Morgan fingerprint density at radius 1 is 0.741 bits per heavy atom. The van der Waals surface area contributed by atoms with Crippen LogP contribution in [0, 0.1) is 0 Å². The Hall–Kier alpha value is -5.32. The molecule has 5 rings (SSSR count). The number of piperidine rings is 1. The van der Waals surface area contributed by atoms with Crippen LogP contribution in [0.5, 0.6) is 0 Å². The predicted molar refractivity (Wildman–Crippen MR) is 167 cm³/mol. The van der Waals surface area contributed by atoms with E-state index in [9.17, 15) is 44.3 Å². The monoisotopic (exact) mass is 787 g/mol. The second kappa shape index (κ2) is 19.1. The first-order valence-electron chi connectivity index (χ1n) is 15.5. The first-order valence-corrected chi connectivity index (χ1v) is 15.5. The number of benzene rings is 1. The molecule has 1 fully saturated rings. The van der Waals surface area contributed by atoms with Crippen LogP contribution in [0.4, 0.5) is 39.5 Å². The molecule has 0 saturated carbocycles. The van der Waals surface area contributed by atoms with E-state index in [2.05, 4.69) is 67.7 Å². The van der Waals surface area contributed by atoms with E-state index in [1.54, 1.807) is 6.20 Å². The topological polar surface area (TPSA) is 191 Å². The van der Waals surface area contributed by atoms with Crippen molar-refractivity contribution in [2.24, 2.45) is 0 Å². The van der Waals surface area contributed by atoms with E-state index in [0.717, 1.165) is 63.4 Å². The van der Waals surface area contributed by atoms with Crippen LogP contribution >= 0.6 is 0 Å². The molecule has 1 aromatic carbocycles. The van der Waals surface area contributed by atoms with Gasteiger partial charge in [0.2, 0.25) is 5.82 Å². The Labute approximate surface area is 300 Å². The van der Waals surface area contributed by atoms with Crippen LogP contribution < -0.4 is 5.32 Å². The molecule has 0 bridgehead atoms. The SMILES string of the molecule is CN1CCn2c(C(=O)NCCc3cccnc3)nnc2C12CCN(Cc1ccccc1)CC2.O=C(O)C(F)(F)F.O=C(O)C(F)(F)F.O=C(O)C(F)(F)F. The number of carboxylic acids is 3. The lowest BCUT2D eigenvalue weighted by Crippen LogP contribution is -2.56. The summed E-state index contributed by atoms with van der Waals surface area (Å²) in [6, 6.07) is 14.6. The zero-order valence-corrected chi connectivity index (χ0v) is 28.1. The number of carbonyl (C=O) groups excluding carboxylic acids is 1. The lowest BCUT2D eigenvalue weighted by Gasteiger charge is -2.49. The molecule has 4 N–H and O–H groups in total. The van der Waals surface area contributed by atoms with E-state index in [1.807, 2.05) is 22.9 Å². The van der Waals surface area contributed by atoms with Gasteiger partial charge in [-0.25, -0.2) is 14.4 Å². The van der Waals surface area contributed by atoms with Gasteiger partial charge in [0.25, 0.3) is 5.91 Å². The number of nitrogens with one attached hydrogen (secondary N) is 1. The molecule has 54 heavy (non-hydrogen) atoms. The van der Waals surface area contributed by atoms with Gasteiger partial charge in [0.05, 0.1) is 5.54 Å². The molecular weight excluding hydrogens is 753 g/mol. The summed E-state index contributed by atoms with van der Waals surface area (Å²) >= 11 is 0. The van der Waals surface area contributed by atoms with Gasteiger partial charge in [-0.2, -0.15) is 39.5 Å². The molecule has 23 heteroatoms. The number of hydrogen-bond acceptors (Lipinski definition) is 9. The number of halogens is 9. The van der Waals surface area contributed by atoms with Crippen LogP contribution in [0.1, 0.15) is 40.4 Å². The standard InChI is InChI=1S/C25H31N7O.3C2HF3O2/c1-30-16-17-32-22(23(33)27-13-9-20-8-5-12-26-18-20)28-29-24(32)25(30)10-14-31(15-11-25)19-21-6-3-2-4-7-21;3*3-2(4,5)1(6)7/h2-8,12,18H,9-11,13-17,19H2,1H3,(H,27,33);3*(H,6,7). The van der Waals surface area contributed by atoms with Crippen LogP contribution in [-0.2, 0) is 39.4 Å². The van der Waals surface area contributed by atoms with Gasteiger partial charge in [-0.05, 0) is 43.5 Å². The van der Waals surface area contributed by atoms with E-state index in [4.69, 9.17) is 29.7 Å².